The fourth-order valence-electron chi connectivity index (χ4n) is 5.69. The van der Waals surface area contributed by atoms with Gasteiger partial charge in [0.05, 0.1) is 32.5 Å². The molecule has 2 saturated heterocycles. The van der Waals surface area contributed by atoms with Crippen molar-refractivity contribution in [1.29, 1.82) is 0 Å². The van der Waals surface area contributed by atoms with Gasteiger partial charge in [0.15, 0.2) is 35.0 Å². The zero-order chi connectivity index (χ0) is 30.0. The van der Waals surface area contributed by atoms with E-state index in [0.29, 0.717) is 6.42 Å². The standard InChI is InChI=1S/C21H25FN10O8P2S/c22-12-15-11(39-20(12)32-7-27-13-16(23)25-5-26-17(13)32)4-37-41(34)36-3-9-8(2-38-42(35,43)40-15)1-10(9)31-6-28-14-18(31)29-21(24)30-19(14)33/h5-12,15,20,41H,1-4H2,(H,35,43)(H2,23,25,26)(H3,24,29,30,33)/t8-,9-,10-,11-,12-,15-,20-,42+/m1/s1. The normalized spacial score (nSPS) is 35.4. The molecule has 9 atom stereocenters. The van der Waals surface area contributed by atoms with Crippen LogP contribution < -0.4 is 17.0 Å². The quantitative estimate of drug-likeness (QED) is 0.176. The number of H-pyrrole nitrogens is 1. The van der Waals surface area contributed by atoms with Gasteiger partial charge in [-0.15, -0.1) is 0 Å². The Balaban J connectivity index is 1.12. The second kappa shape index (κ2) is 10.9. The van der Waals surface area contributed by atoms with E-state index in [1.807, 2.05) is 0 Å². The molecular formula is C21H25FN10O8P2S. The third-order valence-electron chi connectivity index (χ3n) is 7.85. The highest BCUT2D eigenvalue weighted by Crippen LogP contribution is 2.58. The van der Waals surface area contributed by atoms with Crippen molar-refractivity contribution in [2.45, 2.75) is 37.1 Å². The van der Waals surface area contributed by atoms with E-state index in [1.54, 1.807) is 4.57 Å². The van der Waals surface area contributed by atoms with Crippen molar-refractivity contribution in [3.63, 3.8) is 0 Å². The van der Waals surface area contributed by atoms with E-state index in [9.17, 15) is 13.9 Å². The number of fused-ring (bicyclic) bond motifs is 4. The molecule has 0 amide bonds. The Hall–Kier alpha value is -2.96. The van der Waals surface area contributed by atoms with Crippen LogP contribution in [-0.4, -0.2) is 77.2 Å². The number of halogens is 1. The maximum Gasteiger partial charge on any atom is 0.386 e. The zero-order valence-electron chi connectivity index (χ0n) is 21.9. The van der Waals surface area contributed by atoms with Gasteiger partial charge in [0, 0.05) is 12.0 Å². The highest BCUT2D eigenvalue weighted by Gasteiger charge is 2.51. The molecule has 4 aromatic rings. The summed E-state index contributed by atoms with van der Waals surface area (Å²) in [6.07, 6.45) is -1.52. The Morgan fingerprint density at radius 2 is 1.84 bits per heavy atom. The molecule has 22 heteroatoms. The molecule has 5 N–H and O–H groups in total. The first-order valence-corrected chi connectivity index (χ1v) is 16.9. The van der Waals surface area contributed by atoms with Gasteiger partial charge in [-0.05, 0) is 12.3 Å². The molecular weight excluding hydrogens is 633 g/mol. The van der Waals surface area contributed by atoms with E-state index in [4.69, 9.17) is 34.3 Å². The molecule has 0 bridgehead atoms. The molecule has 43 heavy (non-hydrogen) atoms. The van der Waals surface area contributed by atoms with Gasteiger partial charge in [-0.1, -0.05) is 12.2 Å². The van der Waals surface area contributed by atoms with Crippen molar-refractivity contribution in [2.75, 3.05) is 31.3 Å². The Bertz CT molecular complexity index is 1840. The number of alkyl halides is 1. The summed E-state index contributed by atoms with van der Waals surface area (Å²) in [5, 5.41) is 0. The summed E-state index contributed by atoms with van der Waals surface area (Å²) >= 11 is 4.10. The highest BCUT2D eigenvalue weighted by molar-refractivity contribution is 8.44. The van der Waals surface area contributed by atoms with Crippen LogP contribution in [0, 0.1) is 11.8 Å². The summed E-state index contributed by atoms with van der Waals surface area (Å²) in [5.41, 5.74) is 11.9. The fraction of sp³-hybridized carbons (Fsp3) is 0.524. The van der Waals surface area contributed by atoms with Crippen molar-refractivity contribution < 1.29 is 36.4 Å². The molecule has 0 radical (unpaired) electrons. The van der Waals surface area contributed by atoms with Crippen molar-refractivity contribution in [3.05, 3.63) is 29.3 Å². The molecule has 0 aromatic carbocycles. The van der Waals surface area contributed by atoms with Crippen LogP contribution in [0.15, 0.2) is 23.8 Å². The van der Waals surface area contributed by atoms with Crippen LogP contribution in [-0.2, 0) is 32.0 Å². The average Bonchev–Trinajstić information content (AvgIpc) is 3.63. The second-order valence-electron chi connectivity index (χ2n) is 10.3. The molecule has 230 valence electrons. The smallest absolute Gasteiger partial charge is 0.382 e. The van der Waals surface area contributed by atoms with Crippen molar-refractivity contribution in [3.8, 4) is 0 Å². The van der Waals surface area contributed by atoms with E-state index < -0.39 is 51.8 Å². The van der Waals surface area contributed by atoms with E-state index in [-0.39, 0.29) is 65.2 Å². The van der Waals surface area contributed by atoms with Gasteiger partial charge in [-0.3, -0.25) is 23.4 Å². The van der Waals surface area contributed by atoms with Crippen LogP contribution >= 0.6 is 27.3 Å². The van der Waals surface area contributed by atoms with Gasteiger partial charge in [-0.25, -0.2) is 28.9 Å². The van der Waals surface area contributed by atoms with Crippen LogP contribution in [0.1, 0.15) is 18.7 Å². The van der Waals surface area contributed by atoms with Gasteiger partial charge in [0.2, 0.25) is 5.95 Å². The first-order chi connectivity index (χ1) is 20.6. The van der Waals surface area contributed by atoms with Crippen LogP contribution in [0.4, 0.5) is 16.2 Å². The van der Waals surface area contributed by atoms with Crippen LogP contribution in [0.25, 0.3) is 22.3 Å². The predicted octanol–water partition coefficient (Wildman–Crippen LogP) is 1.41. The number of anilines is 2. The third-order valence-corrected chi connectivity index (χ3v) is 10.3. The zero-order valence-corrected chi connectivity index (χ0v) is 24.7. The first kappa shape index (κ1) is 28.8. The largest absolute Gasteiger partial charge is 0.386 e. The lowest BCUT2D eigenvalue weighted by Gasteiger charge is -2.45. The number of imidazole rings is 2. The summed E-state index contributed by atoms with van der Waals surface area (Å²) in [5.74, 6) is -0.594. The summed E-state index contributed by atoms with van der Waals surface area (Å²) < 4.78 is 73.1. The van der Waals surface area contributed by atoms with Crippen LogP contribution in [0.2, 0.25) is 0 Å². The fourth-order valence-corrected chi connectivity index (χ4v) is 7.93. The Morgan fingerprint density at radius 1 is 1.07 bits per heavy atom. The number of aromatic amines is 1. The number of nitrogens with two attached hydrogens (primary N) is 2. The Labute approximate surface area is 246 Å². The molecule has 7 rings (SSSR count). The number of hydrogen-bond donors (Lipinski definition) is 4. The number of rotatable bonds is 2. The van der Waals surface area contributed by atoms with E-state index in [2.05, 4.69) is 42.2 Å². The molecule has 6 heterocycles. The molecule has 3 aliphatic rings. The molecule has 1 saturated carbocycles. The monoisotopic (exact) mass is 658 g/mol. The molecule has 3 fully saturated rings. The van der Waals surface area contributed by atoms with Gasteiger partial charge in [-0.2, -0.15) is 4.98 Å². The summed E-state index contributed by atoms with van der Waals surface area (Å²) in [4.78, 5) is 35.1. The topological polar surface area (TPSA) is 239 Å². The minimum absolute atomic E-state index is 0.0436. The van der Waals surface area contributed by atoms with E-state index >= 15 is 4.39 Å². The van der Waals surface area contributed by atoms with Crippen LogP contribution in [0.5, 0.6) is 0 Å². The maximum atomic E-state index is 15.9. The van der Waals surface area contributed by atoms with Crippen molar-refractivity contribution in [1.82, 2.24) is 39.0 Å². The second-order valence-corrected chi connectivity index (χ2v) is 14.3. The summed E-state index contributed by atoms with van der Waals surface area (Å²) in [6.45, 7) is -4.72. The maximum absolute atomic E-state index is 15.9. The number of ether oxygens (including phenoxy) is 1. The van der Waals surface area contributed by atoms with Crippen molar-refractivity contribution >= 4 is 61.4 Å². The van der Waals surface area contributed by atoms with E-state index in [0.717, 1.165) is 0 Å². The number of hydrogen-bond acceptors (Lipinski definition) is 15. The number of nitrogens with zero attached hydrogens (tertiary/aromatic N) is 7. The number of thiol groups is 1. The SMILES string of the molecule is Nc1nc2c(ncn2[C@@H]2C[C@@H]3CO[P@](=O)(S)O[C@H]4[C@@H](F)[C@H](n5cnc6c(N)ncnc65)O[C@@H]4CO[PH](=O)OC[C@H]32)c(=O)[nH]1. The molecule has 4 aromatic heterocycles. The van der Waals surface area contributed by atoms with Gasteiger partial charge >= 0.3 is 15.1 Å². The van der Waals surface area contributed by atoms with Crippen molar-refractivity contribution in [2.24, 2.45) is 11.8 Å². The third kappa shape index (κ3) is 5.14. The van der Waals surface area contributed by atoms with Gasteiger partial charge in [0.1, 0.15) is 24.1 Å². The van der Waals surface area contributed by atoms with E-state index in [1.165, 1.54) is 23.5 Å². The molecule has 0 spiro atoms. The molecule has 1 aliphatic carbocycles. The number of aromatic nitrogens is 8. The minimum Gasteiger partial charge on any atom is -0.382 e. The molecule has 2 aliphatic heterocycles. The summed E-state index contributed by atoms with van der Waals surface area (Å²) in [6, 6.07) is -0.297. The van der Waals surface area contributed by atoms with Crippen LogP contribution in [0.3, 0.4) is 0 Å². The Kier molecular flexibility index (Phi) is 7.29. The predicted molar refractivity (Wildman–Crippen MR) is 150 cm³/mol. The average molecular weight is 659 g/mol. The molecule has 18 nitrogen and oxygen atoms in total. The number of nitrogens with one attached hydrogen (secondary N) is 1. The highest BCUT2D eigenvalue weighted by atomic mass is 32.7. The van der Waals surface area contributed by atoms with Gasteiger partial charge in [0.25, 0.3) is 5.56 Å². The molecule has 1 unspecified atom stereocenters. The first-order valence-electron chi connectivity index (χ1n) is 13.0. The lowest BCUT2D eigenvalue weighted by Crippen LogP contribution is -2.43. The summed E-state index contributed by atoms with van der Waals surface area (Å²) in [7, 11) is -3.10. The lowest BCUT2D eigenvalue weighted by molar-refractivity contribution is -0.0405. The minimum atomic E-state index is -4.15. The lowest BCUT2D eigenvalue weighted by atomic mass is 9.70. The van der Waals surface area contributed by atoms with Gasteiger partial charge < -0.3 is 34.3 Å². The Morgan fingerprint density at radius 3 is 2.67 bits per heavy atom. The number of nitrogen functional groups attached to an aromatic ring is 2.